The third kappa shape index (κ3) is 2.19. The van der Waals surface area contributed by atoms with Gasteiger partial charge in [-0.05, 0) is 17.2 Å². The second-order valence-electron chi connectivity index (χ2n) is 7.49. The zero-order valence-corrected chi connectivity index (χ0v) is 15.5. The molecule has 3 heteroatoms. The number of fused-ring (bicyclic) bond motifs is 4. The molecule has 0 unspecified atom stereocenters. The molecule has 1 aliphatic heterocycles. The van der Waals surface area contributed by atoms with Crippen molar-refractivity contribution in [3.63, 3.8) is 0 Å². The number of benzene rings is 3. The predicted octanol–water partition coefficient (Wildman–Crippen LogP) is 5.10. The maximum absolute atomic E-state index is 13.0. The van der Waals surface area contributed by atoms with E-state index in [1.807, 2.05) is 67.6 Å². The Kier molecular flexibility index (Phi) is 3.66. The van der Waals surface area contributed by atoms with Crippen LogP contribution in [0.1, 0.15) is 40.7 Å². The number of phenolic OH excluding ortho intramolecular Hbond substituents is 1. The summed E-state index contributed by atoms with van der Waals surface area (Å²) < 4.78 is 6.27. The van der Waals surface area contributed by atoms with Crippen LogP contribution in [-0.2, 0) is 15.1 Å². The van der Waals surface area contributed by atoms with Gasteiger partial charge in [-0.3, -0.25) is 4.79 Å². The van der Waals surface area contributed by atoms with Crippen molar-refractivity contribution in [1.82, 2.24) is 0 Å². The lowest BCUT2D eigenvalue weighted by atomic mass is 9.68. The molecule has 1 saturated heterocycles. The monoisotopic (exact) mass is 368 g/mol. The highest BCUT2D eigenvalue weighted by molar-refractivity contribution is 5.84. The molecule has 5 rings (SSSR count). The van der Waals surface area contributed by atoms with Crippen LogP contribution >= 0.6 is 0 Å². The molecule has 1 fully saturated rings. The lowest BCUT2D eigenvalue weighted by Gasteiger charge is -2.37. The summed E-state index contributed by atoms with van der Waals surface area (Å²) in [6, 6.07) is 23.3. The molecule has 1 spiro atoms. The number of esters is 1. The SMILES string of the molecule is C[C@H]1C(=O)OC2(c3ccccc3C=Cc3ccccc32)[C@@H]1c1ccccc1O. The van der Waals surface area contributed by atoms with Crippen molar-refractivity contribution >= 4 is 18.1 Å². The van der Waals surface area contributed by atoms with Gasteiger partial charge in [-0.25, -0.2) is 0 Å². The number of carbonyl (C=O) groups excluding carboxylic acids is 1. The molecule has 2 atom stereocenters. The first-order valence-electron chi connectivity index (χ1n) is 9.51. The topological polar surface area (TPSA) is 46.5 Å². The number of hydrogen-bond donors (Lipinski definition) is 1. The third-order valence-corrected chi connectivity index (χ3v) is 6.01. The van der Waals surface area contributed by atoms with Crippen molar-refractivity contribution in [2.45, 2.75) is 18.4 Å². The summed E-state index contributed by atoms with van der Waals surface area (Å²) in [4.78, 5) is 13.0. The van der Waals surface area contributed by atoms with Gasteiger partial charge in [-0.2, -0.15) is 0 Å². The van der Waals surface area contributed by atoms with E-state index in [1.54, 1.807) is 12.1 Å². The third-order valence-electron chi connectivity index (χ3n) is 6.01. The number of para-hydroxylation sites is 1. The molecule has 3 nitrogen and oxygen atoms in total. The van der Waals surface area contributed by atoms with E-state index < -0.39 is 11.5 Å². The summed E-state index contributed by atoms with van der Waals surface area (Å²) in [5, 5.41) is 10.7. The molecule has 1 heterocycles. The quantitative estimate of drug-likeness (QED) is 0.608. The van der Waals surface area contributed by atoms with E-state index in [9.17, 15) is 9.90 Å². The van der Waals surface area contributed by atoms with Crippen molar-refractivity contribution in [3.8, 4) is 5.75 Å². The number of phenols is 1. The number of rotatable bonds is 1. The summed E-state index contributed by atoms with van der Waals surface area (Å²) in [5.74, 6) is -0.806. The Morgan fingerprint density at radius 3 is 1.96 bits per heavy atom. The number of ether oxygens (including phenoxy) is 1. The van der Waals surface area contributed by atoms with Gasteiger partial charge in [0.1, 0.15) is 5.75 Å². The molecule has 0 amide bonds. The van der Waals surface area contributed by atoms with Crippen LogP contribution in [0, 0.1) is 5.92 Å². The van der Waals surface area contributed by atoms with E-state index in [0.29, 0.717) is 0 Å². The predicted molar refractivity (Wildman–Crippen MR) is 109 cm³/mol. The largest absolute Gasteiger partial charge is 0.508 e. The smallest absolute Gasteiger partial charge is 0.310 e. The van der Waals surface area contributed by atoms with E-state index in [1.165, 1.54) is 0 Å². The molecule has 138 valence electrons. The molecule has 3 aromatic carbocycles. The van der Waals surface area contributed by atoms with Gasteiger partial charge in [0.2, 0.25) is 0 Å². The van der Waals surface area contributed by atoms with Gasteiger partial charge in [0.05, 0.1) is 5.92 Å². The molecular formula is C25H20O3. The van der Waals surface area contributed by atoms with Gasteiger partial charge >= 0.3 is 5.97 Å². The zero-order valence-electron chi connectivity index (χ0n) is 15.5. The van der Waals surface area contributed by atoms with Crippen LogP contribution in [0.5, 0.6) is 5.75 Å². The van der Waals surface area contributed by atoms with Crippen LogP contribution in [0.4, 0.5) is 0 Å². The molecule has 0 saturated carbocycles. The van der Waals surface area contributed by atoms with Crippen molar-refractivity contribution in [2.24, 2.45) is 5.92 Å². The van der Waals surface area contributed by atoms with Gasteiger partial charge in [-0.15, -0.1) is 0 Å². The standard InChI is InChI=1S/C25H20O3/c1-16-23(19-10-4-7-13-22(19)26)25(28-24(16)27)20-11-5-2-8-17(20)14-15-18-9-3-6-12-21(18)25/h2-16,23,26H,1H3/t16-,23+/m1/s1. The molecular weight excluding hydrogens is 348 g/mol. The summed E-state index contributed by atoms with van der Waals surface area (Å²) in [6.07, 6.45) is 4.14. The van der Waals surface area contributed by atoms with Crippen LogP contribution in [0.2, 0.25) is 0 Å². The second kappa shape index (κ2) is 6.10. The van der Waals surface area contributed by atoms with E-state index in [0.717, 1.165) is 27.8 Å². The number of aromatic hydroxyl groups is 1. The molecule has 2 aliphatic rings. The Labute approximate surface area is 163 Å². The molecule has 0 radical (unpaired) electrons. The molecule has 1 aliphatic carbocycles. The van der Waals surface area contributed by atoms with E-state index >= 15 is 0 Å². The maximum Gasteiger partial charge on any atom is 0.310 e. The van der Waals surface area contributed by atoms with E-state index in [-0.39, 0.29) is 17.6 Å². The van der Waals surface area contributed by atoms with Gasteiger partial charge in [-0.1, -0.05) is 85.8 Å². The van der Waals surface area contributed by atoms with Gasteiger partial charge < -0.3 is 9.84 Å². The van der Waals surface area contributed by atoms with Crippen molar-refractivity contribution < 1.29 is 14.6 Å². The van der Waals surface area contributed by atoms with Crippen LogP contribution in [0.3, 0.4) is 0 Å². The lowest BCUT2D eigenvalue weighted by Crippen LogP contribution is -2.35. The van der Waals surface area contributed by atoms with Crippen molar-refractivity contribution in [3.05, 3.63) is 101 Å². The highest BCUT2D eigenvalue weighted by atomic mass is 16.6. The summed E-state index contributed by atoms with van der Waals surface area (Å²) in [6.45, 7) is 1.89. The fourth-order valence-electron chi connectivity index (χ4n) is 4.77. The minimum atomic E-state index is -0.994. The van der Waals surface area contributed by atoms with Gasteiger partial charge in [0, 0.05) is 22.6 Å². The summed E-state index contributed by atoms with van der Waals surface area (Å²) >= 11 is 0. The highest BCUT2D eigenvalue weighted by Gasteiger charge is 2.58. The first-order chi connectivity index (χ1) is 13.6. The highest BCUT2D eigenvalue weighted by Crippen LogP contribution is 2.58. The first kappa shape index (κ1) is 16.8. The maximum atomic E-state index is 13.0. The lowest BCUT2D eigenvalue weighted by molar-refractivity contribution is -0.148. The summed E-state index contributed by atoms with van der Waals surface area (Å²) in [7, 11) is 0. The fourth-order valence-corrected chi connectivity index (χ4v) is 4.77. The minimum Gasteiger partial charge on any atom is -0.508 e. The van der Waals surface area contributed by atoms with Crippen molar-refractivity contribution in [1.29, 1.82) is 0 Å². The average Bonchev–Trinajstić information content (AvgIpc) is 2.90. The molecule has 0 aromatic heterocycles. The Morgan fingerprint density at radius 2 is 1.36 bits per heavy atom. The van der Waals surface area contributed by atoms with Crippen LogP contribution in [0.25, 0.3) is 12.2 Å². The Morgan fingerprint density at radius 1 is 0.821 bits per heavy atom. The van der Waals surface area contributed by atoms with E-state index in [2.05, 4.69) is 12.2 Å². The normalized spacial score (nSPS) is 21.7. The second-order valence-corrected chi connectivity index (χ2v) is 7.49. The fraction of sp³-hybridized carbons (Fsp3) is 0.160. The minimum absolute atomic E-state index is 0.184. The molecule has 3 aromatic rings. The van der Waals surface area contributed by atoms with E-state index in [4.69, 9.17) is 4.74 Å². The van der Waals surface area contributed by atoms with Crippen LogP contribution in [-0.4, -0.2) is 11.1 Å². The molecule has 28 heavy (non-hydrogen) atoms. The average molecular weight is 368 g/mol. The Balaban J connectivity index is 1.90. The first-order valence-corrected chi connectivity index (χ1v) is 9.51. The van der Waals surface area contributed by atoms with Crippen molar-refractivity contribution in [2.75, 3.05) is 0 Å². The Bertz CT molecular complexity index is 1060. The number of carbonyl (C=O) groups is 1. The Hall–Kier alpha value is -3.33. The van der Waals surface area contributed by atoms with Crippen LogP contribution in [0.15, 0.2) is 72.8 Å². The van der Waals surface area contributed by atoms with Gasteiger partial charge in [0.25, 0.3) is 0 Å². The summed E-state index contributed by atoms with van der Waals surface area (Å²) in [5.41, 5.74) is 3.66. The number of hydrogen-bond acceptors (Lipinski definition) is 3. The van der Waals surface area contributed by atoms with Gasteiger partial charge in [0.15, 0.2) is 5.60 Å². The molecule has 1 N–H and O–H groups in total. The molecule has 0 bridgehead atoms. The zero-order chi connectivity index (χ0) is 19.3. The van der Waals surface area contributed by atoms with Crippen LogP contribution < -0.4 is 0 Å².